The maximum Gasteiger partial charge on any atom is 0.231 e. The van der Waals surface area contributed by atoms with E-state index in [4.69, 9.17) is 23.7 Å². The van der Waals surface area contributed by atoms with E-state index >= 15 is 0 Å². The fourth-order valence-corrected chi connectivity index (χ4v) is 4.68. The SMILES string of the molecule is C=CCC1=C[C@@]2(OC)[C@@H](C)[C@H](c3ccc4c(c3)OCO4)O[C@@]2(OC)C[C@H]1O. The predicted molar refractivity (Wildman–Crippen MR) is 98.6 cm³/mol. The largest absolute Gasteiger partial charge is 0.454 e. The molecule has 1 aromatic rings. The fourth-order valence-electron chi connectivity index (χ4n) is 4.68. The van der Waals surface area contributed by atoms with Crippen LogP contribution in [0.4, 0.5) is 0 Å². The lowest BCUT2D eigenvalue weighted by Crippen LogP contribution is -2.59. The molecule has 5 atom stereocenters. The van der Waals surface area contributed by atoms with Gasteiger partial charge in [0.2, 0.25) is 12.6 Å². The molecule has 2 heterocycles. The zero-order valence-electron chi connectivity index (χ0n) is 15.9. The van der Waals surface area contributed by atoms with Gasteiger partial charge in [0, 0.05) is 26.6 Å². The van der Waals surface area contributed by atoms with Crippen molar-refractivity contribution in [1.29, 1.82) is 0 Å². The third kappa shape index (κ3) is 2.55. The van der Waals surface area contributed by atoms with Crippen molar-refractivity contribution in [3.63, 3.8) is 0 Å². The van der Waals surface area contributed by atoms with Crippen molar-refractivity contribution in [2.45, 2.75) is 43.4 Å². The average Bonchev–Trinajstić information content (AvgIpc) is 3.24. The number of rotatable bonds is 5. The van der Waals surface area contributed by atoms with E-state index in [1.807, 2.05) is 24.3 Å². The molecule has 6 heteroatoms. The Balaban J connectivity index is 1.78. The summed E-state index contributed by atoms with van der Waals surface area (Å²) in [7, 11) is 3.26. The fraction of sp³-hybridized carbons (Fsp3) is 0.524. The second-order valence-corrected chi connectivity index (χ2v) is 7.33. The summed E-state index contributed by atoms with van der Waals surface area (Å²) >= 11 is 0. The molecule has 0 unspecified atom stereocenters. The molecule has 0 saturated carbocycles. The Kier molecular flexibility index (Phi) is 4.55. The number of methoxy groups -OCH3 is 2. The smallest absolute Gasteiger partial charge is 0.231 e. The summed E-state index contributed by atoms with van der Waals surface area (Å²) in [5, 5.41) is 10.7. The minimum Gasteiger partial charge on any atom is -0.454 e. The highest BCUT2D eigenvalue weighted by atomic mass is 16.7. The van der Waals surface area contributed by atoms with Crippen molar-refractivity contribution in [1.82, 2.24) is 0 Å². The lowest BCUT2D eigenvalue weighted by molar-refractivity contribution is -0.287. The van der Waals surface area contributed by atoms with Gasteiger partial charge >= 0.3 is 0 Å². The molecule has 2 aliphatic heterocycles. The number of benzene rings is 1. The summed E-state index contributed by atoms with van der Waals surface area (Å²) in [6.45, 7) is 6.10. The van der Waals surface area contributed by atoms with Gasteiger partial charge in [0.25, 0.3) is 0 Å². The molecule has 0 spiro atoms. The van der Waals surface area contributed by atoms with E-state index in [1.165, 1.54) is 0 Å². The van der Waals surface area contributed by atoms with E-state index in [0.717, 1.165) is 16.9 Å². The van der Waals surface area contributed by atoms with Gasteiger partial charge in [-0.05, 0) is 35.8 Å². The minimum absolute atomic E-state index is 0.0601. The average molecular weight is 374 g/mol. The van der Waals surface area contributed by atoms with Gasteiger partial charge in [-0.2, -0.15) is 0 Å². The van der Waals surface area contributed by atoms with E-state index in [-0.39, 0.29) is 18.8 Å². The molecule has 1 fully saturated rings. The Labute approximate surface area is 159 Å². The van der Waals surface area contributed by atoms with E-state index in [1.54, 1.807) is 20.3 Å². The summed E-state index contributed by atoms with van der Waals surface area (Å²) in [5.74, 6) is 0.300. The summed E-state index contributed by atoms with van der Waals surface area (Å²) < 4.78 is 29.3. The lowest BCUT2D eigenvalue weighted by atomic mass is 9.72. The molecule has 3 aliphatic rings. The van der Waals surface area contributed by atoms with Crippen molar-refractivity contribution in [2.24, 2.45) is 5.92 Å². The number of hydrogen-bond donors (Lipinski definition) is 1. The zero-order chi connectivity index (χ0) is 19.2. The summed E-state index contributed by atoms with van der Waals surface area (Å²) in [6, 6.07) is 5.81. The number of hydrogen-bond acceptors (Lipinski definition) is 6. The van der Waals surface area contributed by atoms with Gasteiger partial charge in [0.15, 0.2) is 11.5 Å². The van der Waals surface area contributed by atoms with Crippen molar-refractivity contribution in [3.05, 3.63) is 48.1 Å². The molecule has 0 bridgehead atoms. The number of ether oxygens (including phenoxy) is 5. The predicted octanol–water partition coefficient (Wildman–Crippen LogP) is 3.12. The van der Waals surface area contributed by atoms with Crippen molar-refractivity contribution >= 4 is 0 Å². The van der Waals surface area contributed by atoms with Crippen LogP contribution in [0.1, 0.15) is 31.4 Å². The van der Waals surface area contributed by atoms with Gasteiger partial charge in [0.1, 0.15) is 5.60 Å². The molecule has 0 aromatic heterocycles. The van der Waals surface area contributed by atoms with Gasteiger partial charge in [-0.15, -0.1) is 6.58 Å². The third-order valence-corrected chi connectivity index (χ3v) is 6.11. The van der Waals surface area contributed by atoms with Gasteiger partial charge in [0.05, 0.1) is 12.2 Å². The first-order chi connectivity index (χ1) is 13.0. The van der Waals surface area contributed by atoms with Crippen LogP contribution in [0, 0.1) is 5.92 Å². The Morgan fingerprint density at radius 2 is 2.04 bits per heavy atom. The molecule has 0 radical (unpaired) electrons. The maximum absolute atomic E-state index is 10.7. The summed E-state index contributed by atoms with van der Waals surface area (Å²) in [4.78, 5) is 0. The molecule has 4 rings (SSSR count). The molecule has 1 N–H and O–H groups in total. The quantitative estimate of drug-likeness (QED) is 0.799. The van der Waals surface area contributed by atoms with Crippen LogP contribution in [0.5, 0.6) is 11.5 Å². The van der Waals surface area contributed by atoms with Crippen LogP contribution in [-0.4, -0.2) is 43.6 Å². The maximum atomic E-state index is 10.7. The number of allylic oxidation sites excluding steroid dienone is 1. The molecule has 146 valence electrons. The third-order valence-electron chi connectivity index (χ3n) is 6.11. The number of fused-ring (bicyclic) bond motifs is 2. The summed E-state index contributed by atoms with van der Waals surface area (Å²) in [6.07, 6.45) is 3.69. The van der Waals surface area contributed by atoms with Crippen LogP contribution >= 0.6 is 0 Å². The molecule has 1 aromatic carbocycles. The van der Waals surface area contributed by atoms with Gasteiger partial charge in [-0.1, -0.05) is 19.1 Å². The van der Waals surface area contributed by atoms with Crippen LogP contribution in [0.15, 0.2) is 42.5 Å². The number of aliphatic hydroxyl groups is 1. The lowest BCUT2D eigenvalue weighted by Gasteiger charge is -2.47. The molecule has 6 nitrogen and oxygen atoms in total. The van der Waals surface area contributed by atoms with Crippen molar-refractivity contribution < 1.29 is 28.8 Å². The molecule has 1 aliphatic carbocycles. The minimum atomic E-state index is -1.08. The molecular weight excluding hydrogens is 348 g/mol. The number of aliphatic hydroxyl groups excluding tert-OH is 1. The second-order valence-electron chi connectivity index (χ2n) is 7.33. The highest BCUT2D eigenvalue weighted by Crippen LogP contribution is 2.58. The topological polar surface area (TPSA) is 66.4 Å². The first-order valence-corrected chi connectivity index (χ1v) is 9.18. The first kappa shape index (κ1) is 18.5. The standard InChI is InChI=1S/C21H26O6/c1-5-6-15-10-20(23-3)13(2)19(27-21(20,24-4)11-16(15)22)14-7-8-17-18(9-14)26-12-25-17/h5,7-10,13,16,19,22H,1,6,11-12H2,2-4H3/t13-,16+,19+,20+,21-/m0/s1. The van der Waals surface area contributed by atoms with E-state index in [9.17, 15) is 5.11 Å². The highest BCUT2D eigenvalue weighted by Gasteiger charge is 2.67. The highest BCUT2D eigenvalue weighted by molar-refractivity contribution is 5.46. The van der Waals surface area contributed by atoms with E-state index in [2.05, 4.69) is 13.5 Å². The van der Waals surface area contributed by atoms with Gasteiger partial charge < -0.3 is 28.8 Å². The van der Waals surface area contributed by atoms with Crippen molar-refractivity contribution in [2.75, 3.05) is 21.0 Å². The molecule has 0 amide bonds. The van der Waals surface area contributed by atoms with E-state index < -0.39 is 17.5 Å². The Bertz CT molecular complexity index is 774. The molecule has 1 saturated heterocycles. The Morgan fingerprint density at radius 3 is 2.74 bits per heavy atom. The van der Waals surface area contributed by atoms with Crippen molar-refractivity contribution in [3.8, 4) is 11.5 Å². The van der Waals surface area contributed by atoms with Crippen LogP contribution < -0.4 is 9.47 Å². The monoisotopic (exact) mass is 374 g/mol. The normalized spacial score (nSPS) is 37.0. The van der Waals surface area contributed by atoms with E-state index in [0.29, 0.717) is 18.6 Å². The van der Waals surface area contributed by atoms with Crippen LogP contribution in [0.3, 0.4) is 0 Å². The summed E-state index contributed by atoms with van der Waals surface area (Å²) in [5.41, 5.74) is 1.02. The first-order valence-electron chi connectivity index (χ1n) is 9.18. The van der Waals surface area contributed by atoms with Gasteiger partial charge in [-0.3, -0.25) is 0 Å². The van der Waals surface area contributed by atoms with Gasteiger partial charge in [-0.25, -0.2) is 0 Å². The van der Waals surface area contributed by atoms with Crippen LogP contribution in [0.2, 0.25) is 0 Å². The zero-order valence-corrected chi connectivity index (χ0v) is 15.9. The molecule has 27 heavy (non-hydrogen) atoms. The van der Waals surface area contributed by atoms with Crippen LogP contribution in [0.25, 0.3) is 0 Å². The van der Waals surface area contributed by atoms with Crippen LogP contribution in [-0.2, 0) is 14.2 Å². The Hall–Kier alpha value is -1.86. The molecular formula is C21H26O6. The Morgan fingerprint density at radius 1 is 1.26 bits per heavy atom. The second kappa shape index (κ2) is 6.63.